The molecular formula is C52H86O15. The second-order valence-corrected chi connectivity index (χ2v) is 19.0. The Morgan fingerprint density at radius 1 is 0.731 bits per heavy atom. The van der Waals surface area contributed by atoms with Crippen molar-refractivity contribution in [2.45, 2.75) is 167 Å². The van der Waals surface area contributed by atoms with Gasteiger partial charge >= 0.3 is 17.9 Å². The topological polar surface area (TPSA) is 192 Å². The Morgan fingerprint density at radius 2 is 1.34 bits per heavy atom. The number of carbonyl (C=O) groups excluding carboxylic acids is 3. The third-order valence-corrected chi connectivity index (χ3v) is 14.1. The molecular weight excluding hydrogens is 865 g/mol. The number of fused-ring (bicyclic) bond motifs is 2. The largest absolute Gasteiger partial charge is 0.481 e. The standard InChI is InChI=1S/C52H86O15/c1-31-16-15-17-47(56)66-51(37(7)50(65-14)33(3)20-23-42(53)35(5)43(62-11)24-25-46(54)55)34(4)19-22-39(59-8)29-44(63-12)32(2)18-21-40(60-9)30-45(64-13)36(6)52-49(58)38(28-48(57)67-52)27-41(26-31)61-10/h15,17-19,21-22,28,31-37,39-41,43-45,49-52,58H,16,20,23-27,29-30H2,1-14H3,(H,54,55)/b17-15-,21-18-,22-19-/t31?,32?,33?,34?,35?,36?,37?,39?,40?,41?,43?,44?,45?,49-,50?,51?,52-/m0/s1. The first-order chi connectivity index (χ1) is 31.8. The summed E-state index contributed by atoms with van der Waals surface area (Å²) in [6, 6.07) is 0. The molecule has 2 aliphatic heterocycles. The quantitative estimate of drug-likeness (QED) is 0.101. The molecule has 2 bridgehead atoms. The van der Waals surface area contributed by atoms with Crippen LogP contribution in [0.1, 0.15) is 106 Å². The van der Waals surface area contributed by atoms with E-state index in [1.54, 1.807) is 55.7 Å². The summed E-state index contributed by atoms with van der Waals surface area (Å²) >= 11 is 0. The molecule has 2 N–H and O–H groups in total. The molecule has 0 radical (unpaired) electrons. The Kier molecular flexibility index (Phi) is 27.7. The summed E-state index contributed by atoms with van der Waals surface area (Å²) < 4.78 is 53.3. The third kappa shape index (κ3) is 19.6. The van der Waals surface area contributed by atoms with E-state index in [0.29, 0.717) is 44.1 Å². The first kappa shape index (κ1) is 59.8. The Bertz CT molecular complexity index is 1610. The minimum absolute atomic E-state index is 0.0177. The van der Waals surface area contributed by atoms with Crippen LogP contribution in [-0.4, -0.2) is 145 Å². The van der Waals surface area contributed by atoms with Gasteiger partial charge in [-0.05, 0) is 49.5 Å². The van der Waals surface area contributed by atoms with Gasteiger partial charge in [0, 0.05) is 117 Å². The second-order valence-electron chi connectivity index (χ2n) is 19.0. The molecule has 2 rings (SSSR count). The number of esters is 2. The lowest BCUT2D eigenvalue weighted by molar-refractivity contribution is -0.160. The molecule has 15 unspecified atom stereocenters. The molecule has 0 amide bonds. The molecule has 0 aromatic heterocycles. The Hall–Kier alpha value is -3.28. The fraction of sp³-hybridized carbons (Fsp3) is 0.769. The second kappa shape index (κ2) is 31.0. The number of hydrogen-bond donors (Lipinski definition) is 2. The van der Waals surface area contributed by atoms with Crippen molar-refractivity contribution in [3.05, 3.63) is 48.1 Å². The van der Waals surface area contributed by atoms with Gasteiger partial charge in [0.2, 0.25) is 0 Å². The van der Waals surface area contributed by atoms with E-state index in [1.807, 2.05) is 58.9 Å². The number of carboxylic acids is 1. The molecule has 0 saturated heterocycles. The van der Waals surface area contributed by atoms with Gasteiger partial charge in [0.15, 0.2) is 0 Å². The maximum atomic E-state index is 13.7. The maximum Gasteiger partial charge on any atom is 0.331 e. The maximum absolute atomic E-state index is 13.7. The Labute approximate surface area is 401 Å². The zero-order valence-electron chi connectivity index (χ0n) is 42.9. The van der Waals surface area contributed by atoms with Gasteiger partial charge in [-0.3, -0.25) is 9.59 Å². The number of rotatable bonds is 18. The molecule has 0 aromatic rings. The van der Waals surface area contributed by atoms with E-state index in [-0.39, 0.29) is 85.0 Å². The predicted octanol–water partition coefficient (Wildman–Crippen LogP) is 7.52. The smallest absolute Gasteiger partial charge is 0.331 e. The number of carbonyl (C=O) groups is 4. The lowest BCUT2D eigenvalue weighted by Gasteiger charge is -2.37. The summed E-state index contributed by atoms with van der Waals surface area (Å²) in [6.07, 6.45) is 10.8. The van der Waals surface area contributed by atoms with E-state index in [2.05, 4.69) is 6.92 Å². The first-order valence-corrected chi connectivity index (χ1v) is 24.1. The number of carboxylic acid groups (broad SMARTS) is 1. The average Bonchev–Trinajstić information content (AvgIpc) is 3.30. The van der Waals surface area contributed by atoms with Gasteiger partial charge in [0.25, 0.3) is 0 Å². The molecule has 17 atom stereocenters. The van der Waals surface area contributed by atoms with Crippen molar-refractivity contribution < 1.29 is 72.0 Å². The minimum atomic E-state index is -1.07. The highest BCUT2D eigenvalue weighted by Crippen LogP contribution is 2.33. The average molecular weight is 951 g/mol. The summed E-state index contributed by atoms with van der Waals surface area (Å²) in [5.74, 6) is -3.55. The Balaban J connectivity index is 2.50. The van der Waals surface area contributed by atoms with E-state index in [0.717, 1.165) is 0 Å². The van der Waals surface area contributed by atoms with Crippen molar-refractivity contribution >= 4 is 23.7 Å². The minimum Gasteiger partial charge on any atom is -0.481 e. The van der Waals surface area contributed by atoms with Crippen molar-refractivity contribution in [2.75, 3.05) is 49.8 Å². The van der Waals surface area contributed by atoms with Crippen LogP contribution in [-0.2, 0) is 61.8 Å². The molecule has 0 aliphatic carbocycles. The zero-order valence-corrected chi connectivity index (χ0v) is 42.9. The van der Waals surface area contributed by atoms with Crippen molar-refractivity contribution in [3.8, 4) is 0 Å². The van der Waals surface area contributed by atoms with Crippen LogP contribution in [0.25, 0.3) is 0 Å². The molecule has 2 aliphatic rings. The molecule has 2 heterocycles. The van der Waals surface area contributed by atoms with E-state index in [1.165, 1.54) is 19.3 Å². The van der Waals surface area contributed by atoms with E-state index < -0.39 is 60.4 Å². The number of aliphatic carboxylic acids is 1. The number of cyclic esters (lactones) is 1. The molecule has 15 nitrogen and oxygen atoms in total. The van der Waals surface area contributed by atoms with E-state index in [9.17, 15) is 24.3 Å². The van der Waals surface area contributed by atoms with Crippen LogP contribution >= 0.6 is 0 Å². The number of Topliss-reactive ketones (excluding diaryl/α,β-unsaturated/α-hetero) is 1. The normalized spacial score (nSPS) is 33.7. The van der Waals surface area contributed by atoms with Crippen LogP contribution in [0, 0.1) is 41.4 Å². The number of allylic oxidation sites excluding steroid dienone is 1. The van der Waals surface area contributed by atoms with Gasteiger partial charge in [0.05, 0.1) is 42.7 Å². The summed E-state index contributed by atoms with van der Waals surface area (Å²) in [6.45, 7) is 13.8. The number of methoxy groups -OCH3 is 7. The lowest BCUT2D eigenvalue weighted by Crippen LogP contribution is -2.46. The van der Waals surface area contributed by atoms with E-state index >= 15 is 0 Å². The highest BCUT2D eigenvalue weighted by Gasteiger charge is 2.40. The molecule has 0 spiro atoms. The van der Waals surface area contributed by atoms with Gasteiger partial charge in [-0.25, -0.2) is 9.59 Å². The molecule has 0 fully saturated rings. The molecule has 67 heavy (non-hydrogen) atoms. The van der Waals surface area contributed by atoms with Crippen LogP contribution in [0.5, 0.6) is 0 Å². The van der Waals surface area contributed by atoms with Crippen molar-refractivity contribution in [1.82, 2.24) is 0 Å². The number of aliphatic hydroxyl groups excluding tert-OH is 1. The monoisotopic (exact) mass is 951 g/mol. The fourth-order valence-electron chi connectivity index (χ4n) is 9.61. The van der Waals surface area contributed by atoms with Crippen LogP contribution in [0.3, 0.4) is 0 Å². The SMILES string of the molecule is COC1/C=C\C(C)C(C(C)C(OC)C(C)CCC(=O)C(C)C(CCC(=O)O)OC)OC(=O)/C=C\CC(C)CC(OC)CC2=CC(=O)O[C@@H](C(C)C(OC)CC(OC)/C=C\C(C)C(OC)C1)[C@H]2O. The molecule has 0 saturated carbocycles. The lowest BCUT2D eigenvalue weighted by atomic mass is 9.81. The zero-order chi connectivity index (χ0) is 50.4. The fourth-order valence-corrected chi connectivity index (χ4v) is 9.61. The predicted molar refractivity (Wildman–Crippen MR) is 255 cm³/mol. The number of hydrogen-bond acceptors (Lipinski definition) is 14. The third-order valence-electron chi connectivity index (χ3n) is 14.1. The summed E-state index contributed by atoms with van der Waals surface area (Å²) in [7, 11) is 11.3. The number of ketones is 1. The highest BCUT2D eigenvalue weighted by atomic mass is 16.6. The van der Waals surface area contributed by atoms with Gasteiger partial charge in [-0.1, -0.05) is 78.8 Å². The van der Waals surface area contributed by atoms with Crippen LogP contribution < -0.4 is 0 Å². The molecule has 15 heteroatoms. The van der Waals surface area contributed by atoms with Crippen molar-refractivity contribution in [2.24, 2.45) is 41.4 Å². The number of aliphatic hydroxyl groups is 1. The van der Waals surface area contributed by atoms with Crippen LogP contribution in [0.15, 0.2) is 48.1 Å². The van der Waals surface area contributed by atoms with Gasteiger partial charge in [0.1, 0.15) is 24.1 Å². The van der Waals surface area contributed by atoms with Gasteiger partial charge < -0.3 is 52.8 Å². The molecule has 384 valence electrons. The summed E-state index contributed by atoms with van der Waals surface area (Å²) in [5.41, 5.74) is 0.528. The highest BCUT2D eigenvalue weighted by molar-refractivity contribution is 5.84. The van der Waals surface area contributed by atoms with E-state index in [4.69, 9.17) is 47.7 Å². The van der Waals surface area contributed by atoms with Crippen LogP contribution in [0.4, 0.5) is 0 Å². The van der Waals surface area contributed by atoms with Crippen molar-refractivity contribution in [1.29, 1.82) is 0 Å². The summed E-state index contributed by atoms with van der Waals surface area (Å²) in [5, 5.41) is 20.8. The Morgan fingerprint density at radius 3 is 1.90 bits per heavy atom. The van der Waals surface area contributed by atoms with Gasteiger partial charge in [-0.15, -0.1) is 0 Å². The number of ether oxygens (including phenoxy) is 9. The van der Waals surface area contributed by atoms with Gasteiger partial charge in [-0.2, -0.15) is 0 Å². The molecule has 0 aromatic carbocycles. The van der Waals surface area contributed by atoms with Crippen LogP contribution in [0.2, 0.25) is 0 Å². The van der Waals surface area contributed by atoms with Crippen molar-refractivity contribution in [3.63, 3.8) is 0 Å². The summed E-state index contributed by atoms with van der Waals surface area (Å²) in [4.78, 5) is 51.2. The first-order valence-electron chi connectivity index (χ1n) is 24.1.